The van der Waals surface area contributed by atoms with E-state index in [9.17, 15) is 9.90 Å². The fourth-order valence-corrected chi connectivity index (χ4v) is 1.72. The zero-order chi connectivity index (χ0) is 12.8. The summed E-state index contributed by atoms with van der Waals surface area (Å²) in [4.78, 5) is 10.7. The van der Waals surface area contributed by atoms with Crippen LogP contribution in [0.4, 0.5) is 0 Å². The molecule has 0 aliphatic carbocycles. The number of aliphatic hydroxyl groups is 1. The third-order valence-electron chi connectivity index (χ3n) is 2.40. The lowest BCUT2D eigenvalue weighted by atomic mass is 9.95. The number of halogens is 1. The molecule has 1 unspecified atom stereocenters. The lowest BCUT2D eigenvalue weighted by Crippen LogP contribution is -2.13. The molecule has 2 N–H and O–H groups in total. The molecule has 5 heteroatoms. The Labute approximate surface area is 104 Å². The summed E-state index contributed by atoms with van der Waals surface area (Å²) in [6.07, 6.45) is -0.379. The predicted octanol–water partition coefficient (Wildman–Crippen LogP) is 1.85. The molecule has 90 valence electrons. The molecular formula is C12H12ClNO3. The number of carboxylic acid groups (broad SMARTS) is 1. The van der Waals surface area contributed by atoms with Gasteiger partial charge in [0.2, 0.25) is 0 Å². The lowest BCUT2D eigenvalue weighted by Gasteiger charge is -2.11. The van der Waals surface area contributed by atoms with Gasteiger partial charge >= 0.3 is 5.97 Å². The van der Waals surface area contributed by atoms with E-state index in [1.165, 1.54) is 6.07 Å². The molecular weight excluding hydrogens is 242 g/mol. The minimum Gasteiger partial charge on any atom is -0.479 e. The van der Waals surface area contributed by atoms with Crippen LogP contribution >= 0.6 is 11.6 Å². The summed E-state index contributed by atoms with van der Waals surface area (Å²) in [7, 11) is 0. The normalized spacial score (nSPS) is 11.8. The van der Waals surface area contributed by atoms with Gasteiger partial charge in [-0.05, 0) is 18.4 Å². The van der Waals surface area contributed by atoms with E-state index in [2.05, 4.69) is 0 Å². The largest absolute Gasteiger partial charge is 0.479 e. The van der Waals surface area contributed by atoms with Crippen LogP contribution in [0.1, 0.15) is 29.2 Å². The quantitative estimate of drug-likeness (QED) is 0.785. The Bertz CT molecular complexity index is 454. The van der Waals surface area contributed by atoms with Crippen molar-refractivity contribution in [3.63, 3.8) is 0 Å². The second-order valence-electron chi connectivity index (χ2n) is 3.53. The molecule has 0 radical (unpaired) electrons. The van der Waals surface area contributed by atoms with Gasteiger partial charge in [-0.1, -0.05) is 18.2 Å². The first-order chi connectivity index (χ1) is 8.11. The summed E-state index contributed by atoms with van der Waals surface area (Å²) < 4.78 is 0. The molecule has 1 aromatic carbocycles. The smallest absolute Gasteiger partial charge is 0.337 e. The van der Waals surface area contributed by atoms with Crippen LogP contribution in [-0.4, -0.2) is 22.1 Å². The molecule has 0 spiro atoms. The van der Waals surface area contributed by atoms with Crippen LogP contribution in [0, 0.1) is 11.3 Å². The number of rotatable bonds is 5. The first kappa shape index (κ1) is 13.5. The Kier molecular flexibility index (Phi) is 4.95. The highest BCUT2D eigenvalue weighted by Crippen LogP contribution is 2.22. The monoisotopic (exact) mass is 253 g/mol. The van der Waals surface area contributed by atoms with Crippen LogP contribution in [0.3, 0.4) is 0 Å². The van der Waals surface area contributed by atoms with Gasteiger partial charge in [-0.2, -0.15) is 5.26 Å². The van der Waals surface area contributed by atoms with Crippen LogP contribution in [-0.2, 0) is 11.2 Å². The van der Waals surface area contributed by atoms with E-state index < -0.39 is 12.1 Å². The second-order valence-corrected chi connectivity index (χ2v) is 3.90. The number of carboxylic acids is 1. The Balaban J connectivity index is 3.15. The molecule has 0 saturated heterocycles. The van der Waals surface area contributed by atoms with Crippen molar-refractivity contribution in [2.24, 2.45) is 0 Å². The summed E-state index contributed by atoms with van der Waals surface area (Å²) in [5.41, 5.74) is 1.07. The molecule has 17 heavy (non-hydrogen) atoms. The minimum atomic E-state index is -1.67. The lowest BCUT2D eigenvalue weighted by molar-refractivity contribution is -0.146. The molecule has 4 nitrogen and oxygen atoms in total. The van der Waals surface area contributed by atoms with Crippen molar-refractivity contribution in [2.75, 3.05) is 5.88 Å². The van der Waals surface area contributed by atoms with Crippen molar-refractivity contribution in [1.29, 1.82) is 5.26 Å². The number of aryl methyl sites for hydroxylation is 1. The standard InChI is InChI=1S/C12H12ClNO3/c13-6-2-4-8-3-1-5-9(10(8)7-14)11(15)12(16)17/h1,3,5,11,15H,2,4,6H2,(H,16,17). The highest BCUT2D eigenvalue weighted by molar-refractivity contribution is 6.17. The Hall–Kier alpha value is -1.57. The second kappa shape index (κ2) is 6.24. The summed E-state index contributed by atoms with van der Waals surface area (Å²) in [6, 6.07) is 6.76. The van der Waals surface area contributed by atoms with Gasteiger partial charge in [0.1, 0.15) is 0 Å². The number of aliphatic hydroxyl groups excluding tert-OH is 1. The van der Waals surface area contributed by atoms with Crippen LogP contribution in [0.25, 0.3) is 0 Å². The van der Waals surface area contributed by atoms with Crippen molar-refractivity contribution in [3.8, 4) is 6.07 Å². The van der Waals surface area contributed by atoms with Crippen LogP contribution in [0.15, 0.2) is 18.2 Å². The Morgan fingerprint density at radius 2 is 2.24 bits per heavy atom. The summed E-state index contributed by atoms with van der Waals surface area (Å²) >= 11 is 5.57. The third kappa shape index (κ3) is 3.19. The molecule has 0 aliphatic heterocycles. The molecule has 1 rings (SSSR count). The van der Waals surface area contributed by atoms with E-state index in [1.807, 2.05) is 6.07 Å². The summed E-state index contributed by atoms with van der Waals surface area (Å²) in [6.45, 7) is 0. The number of carbonyl (C=O) groups is 1. The summed E-state index contributed by atoms with van der Waals surface area (Å²) in [5, 5.41) is 27.3. The maximum Gasteiger partial charge on any atom is 0.337 e. The van der Waals surface area contributed by atoms with Gasteiger partial charge in [-0.15, -0.1) is 11.6 Å². The van der Waals surface area contributed by atoms with E-state index >= 15 is 0 Å². The molecule has 0 fully saturated rings. The van der Waals surface area contributed by atoms with Gasteiger partial charge in [0, 0.05) is 11.4 Å². The zero-order valence-electron chi connectivity index (χ0n) is 9.06. The van der Waals surface area contributed by atoms with Gasteiger partial charge in [-0.25, -0.2) is 4.79 Å². The first-order valence-electron chi connectivity index (χ1n) is 5.10. The number of benzene rings is 1. The van der Waals surface area contributed by atoms with Crippen LogP contribution in [0.2, 0.25) is 0 Å². The minimum absolute atomic E-state index is 0.132. The van der Waals surface area contributed by atoms with E-state index in [0.717, 1.165) is 0 Å². The Morgan fingerprint density at radius 1 is 1.53 bits per heavy atom. The van der Waals surface area contributed by atoms with Gasteiger partial charge in [-0.3, -0.25) is 0 Å². The predicted molar refractivity (Wildman–Crippen MR) is 62.8 cm³/mol. The van der Waals surface area contributed by atoms with Crippen LogP contribution < -0.4 is 0 Å². The SMILES string of the molecule is N#Cc1c(CCCCl)cccc1C(O)C(=O)O. The van der Waals surface area contributed by atoms with Gasteiger partial charge in [0.15, 0.2) is 6.10 Å². The molecule has 0 aliphatic rings. The first-order valence-corrected chi connectivity index (χ1v) is 5.64. The number of nitriles is 1. The average molecular weight is 254 g/mol. The fourth-order valence-electron chi connectivity index (χ4n) is 1.58. The molecule has 0 heterocycles. The molecule has 0 saturated carbocycles. The van der Waals surface area contributed by atoms with Crippen molar-refractivity contribution in [3.05, 3.63) is 34.9 Å². The number of alkyl halides is 1. The molecule has 0 bridgehead atoms. The van der Waals surface area contributed by atoms with Gasteiger partial charge in [0.25, 0.3) is 0 Å². The third-order valence-corrected chi connectivity index (χ3v) is 2.67. The number of nitrogens with zero attached hydrogens (tertiary/aromatic N) is 1. The van der Waals surface area contributed by atoms with Crippen molar-refractivity contribution < 1.29 is 15.0 Å². The van der Waals surface area contributed by atoms with Crippen molar-refractivity contribution in [2.45, 2.75) is 18.9 Å². The van der Waals surface area contributed by atoms with E-state index in [0.29, 0.717) is 24.3 Å². The fraction of sp³-hybridized carbons (Fsp3) is 0.333. The van der Waals surface area contributed by atoms with E-state index in [-0.39, 0.29) is 11.1 Å². The number of hydrogen-bond acceptors (Lipinski definition) is 3. The highest BCUT2D eigenvalue weighted by Gasteiger charge is 2.20. The van der Waals surface area contributed by atoms with E-state index in [1.54, 1.807) is 12.1 Å². The highest BCUT2D eigenvalue weighted by atomic mass is 35.5. The molecule has 1 aromatic rings. The maximum absolute atomic E-state index is 10.7. The average Bonchev–Trinajstić information content (AvgIpc) is 2.34. The molecule has 0 aromatic heterocycles. The molecule has 1 atom stereocenters. The van der Waals surface area contributed by atoms with E-state index in [4.69, 9.17) is 22.0 Å². The zero-order valence-corrected chi connectivity index (χ0v) is 9.81. The van der Waals surface area contributed by atoms with Crippen molar-refractivity contribution >= 4 is 17.6 Å². The van der Waals surface area contributed by atoms with Crippen LogP contribution in [0.5, 0.6) is 0 Å². The Morgan fingerprint density at radius 3 is 2.76 bits per heavy atom. The summed E-state index contributed by atoms with van der Waals surface area (Å²) in [5.74, 6) is -0.896. The molecule has 0 amide bonds. The van der Waals surface area contributed by atoms with Crippen molar-refractivity contribution in [1.82, 2.24) is 0 Å². The van der Waals surface area contributed by atoms with Gasteiger partial charge in [0.05, 0.1) is 11.6 Å². The number of hydrogen-bond donors (Lipinski definition) is 2. The maximum atomic E-state index is 10.7. The van der Waals surface area contributed by atoms with Gasteiger partial charge < -0.3 is 10.2 Å². The number of aliphatic carboxylic acids is 1. The topological polar surface area (TPSA) is 81.3 Å².